The van der Waals surface area contributed by atoms with E-state index in [4.69, 9.17) is 14.2 Å². The van der Waals surface area contributed by atoms with Gasteiger partial charge in [0.25, 0.3) is 0 Å². The van der Waals surface area contributed by atoms with Gasteiger partial charge in [0.1, 0.15) is 0 Å². The summed E-state index contributed by atoms with van der Waals surface area (Å²) in [6, 6.07) is 0. The first-order valence-electron chi connectivity index (χ1n) is 5.48. The van der Waals surface area contributed by atoms with Crippen LogP contribution < -0.4 is 5.32 Å². The monoisotopic (exact) mass is 248 g/mol. The standard InChI is InChI=1S/C10H22NO4Si/c1-10(12-2)9-11-3-4-13-5-6-14-7-8-15-16/h10-11H,3-9H2,1-2H3/q+3. The third-order valence-electron chi connectivity index (χ3n) is 1.96. The number of nitrogens with one attached hydrogen (secondary N) is 1. The number of methoxy groups -OCH3 is 1. The molecule has 0 aromatic heterocycles. The van der Waals surface area contributed by atoms with E-state index in [0.717, 1.165) is 13.1 Å². The third kappa shape index (κ3) is 12.1. The van der Waals surface area contributed by atoms with Gasteiger partial charge in [0.2, 0.25) is 0 Å². The van der Waals surface area contributed by atoms with Gasteiger partial charge in [-0.2, -0.15) is 0 Å². The predicted octanol–water partition coefficient (Wildman–Crippen LogP) is -0.256. The van der Waals surface area contributed by atoms with Gasteiger partial charge >= 0.3 is 81.9 Å². The summed E-state index contributed by atoms with van der Waals surface area (Å²) in [5.41, 5.74) is 0. The van der Waals surface area contributed by atoms with E-state index in [-0.39, 0.29) is 6.10 Å². The van der Waals surface area contributed by atoms with Crippen LogP contribution in [0.1, 0.15) is 6.92 Å². The zero-order chi connectivity index (χ0) is 12.1. The molecule has 0 aliphatic rings. The molecular formula is C10H22NO4Si+3. The van der Waals surface area contributed by atoms with Crippen LogP contribution in [0.15, 0.2) is 0 Å². The van der Waals surface area contributed by atoms with E-state index in [9.17, 15) is 0 Å². The van der Waals surface area contributed by atoms with Crippen LogP contribution in [0.25, 0.3) is 0 Å². The van der Waals surface area contributed by atoms with Gasteiger partial charge < -0.3 is 4.74 Å². The molecule has 0 amide bonds. The second-order valence-corrected chi connectivity index (χ2v) is 3.61. The molecule has 0 radical (unpaired) electrons. The van der Waals surface area contributed by atoms with Crippen LogP contribution in [-0.4, -0.2) is 69.8 Å². The number of rotatable bonds is 12. The molecule has 1 N–H and O–H groups in total. The second kappa shape index (κ2) is 13.1. The molecule has 0 bridgehead atoms. The topological polar surface area (TPSA) is 49.0 Å². The van der Waals surface area contributed by atoms with Crippen LogP contribution in [-0.2, 0) is 18.6 Å². The van der Waals surface area contributed by atoms with Crippen molar-refractivity contribution in [2.45, 2.75) is 13.0 Å². The van der Waals surface area contributed by atoms with Crippen molar-refractivity contribution in [2.24, 2.45) is 0 Å². The average Bonchev–Trinajstić information content (AvgIpc) is 2.31. The maximum absolute atomic E-state index is 5.35. The van der Waals surface area contributed by atoms with E-state index < -0.39 is 0 Å². The van der Waals surface area contributed by atoms with Crippen molar-refractivity contribution in [1.29, 1.82) is 0 Å². The average molecular weight is 248 g/mol. The molecule has 0 spiro atoms. The Labute approximate surface area is 101 Å². The Balaban J connectivity index is 2.93. The van der Waals surface area contributed by atoms with Gasteiger partial charge in [-0.05, 0) is 6.92 Å². The molecule has 0 rings (SSSR count). The van der Waals surface area contributed by atoms with E-state index in [0.29, 0.717) is 33.0 Å². The molecule has 1 atom stereocenters. The Hall–Kier alpha value is 0.0169. The minimum absolute atomic E-state index is 0.243. The van der Waals surface area contributed by atoms with Gasteiger partial charge in [-0.15, -0.1) is 0 Å². The van der Waals surface area contributed by atoms with Gasteiger partial charge in [-0.1, -0.05) is 0 Å². The van der Waals surface area contributed by atoms with Gasteiger partial charge in [-0.3, -0.25) is 0 Å². The van der Waals surface area contributed by atoms with Gasteiger partial charge in [0.05, 0.1) is 0 Å². The molecule has 0 aromatic carbocycles. The molecule has 6 heteroatoms. The molecule has 0 heterocycles. The van der Waals surface area contributed by atoms with Crippen molar-refractivity contribution in [1.82, 2.24) is 5.32 Å². The Morgan fingerprint density at radius 3 is 2.31 bits per heavy atom. The summed E-state index contributed by atoms with van der Waals surface area (Å²) in [5.74, 6) is 0. The fraction of sp³-hybridized carbons (Fsp3) is 1.00. The molecule has 1 unspecified atom stereocenters. The van der Waals surface area contributed by atoms with Crippen molar-refractivity contribution >= 4 is 10.5 Å². The van der Waals surface area contributed by atoms with Gasteiger partial charge in [0, 0.05) is 7.11 Å². The Kier molecular flexibility index (Phi) is 13.1. The van der Waals surface area contributed by atoms with Crippen molar-refractivity contribution < 1.29 is 18.6 Å². The first kappa shape index (κ1) is 16.0. The van der Waals surface area contributed by atoms with Crippen LogP contribution >= 0.6 is 0 Å². The van der Waals surface area contributed by atoms with Crippen molar-refractivity contribution in [3.63, 3.8) is 0 Å². The van der Waals surface area contributed by atoms with Crippen molar-refractivity contribution in [2.75, 3.05) is 53.2 Å². The summed E-state index contributed by atoms with van der Waals surface area (Å²) in [4.78, 5) is 0. The second-order valence-electron chi connectivity index (χ2n) is 3.32. The summed E-state index contributed by atoms with van der Waals surface area (Å²) in [5, 5.41) is 3.23. The molecule has 0 aliphatic heterocycles. The van der Waals surface area contributed by atoms with E-state index >= 15 is 0 Å². The zero-order valence-electron chi connectivity index (χ0n) is 10.2. The first-order chi connectivity index (χ1) is 7.81. The Morgan fingerprint density at radius 2 is 1.69 bits per heavy atom. The summed E-state index contributed by atoms with van der Waals surface area (Å²) in [7, 11) is 4.60. The fourth-order valence-corrected chi connectivity index (χ4v) is 1.04. The normalized spacial score (nSPS) is 13.0. The summed E-state index contributed by atoms with van der Waals surface area (Å²) in [6.07, 6.45) is 0.243. The molecule has 92 valence electrons. The van der Waals surface area contributed by atoms with Gasteiger partial charge in [-0.25, -0.2) is 0 Å². The quantitative estimate of drug-likeness (QED) is 0.381. The van der Waals surface area contributed by atoms with Crippen LogP contribution in [0.4, 0.5) is 0 Å². The van der Waals surface area contributed by atoms with Crippen molar-refractivity contribution in [3.8, 4) is 0 Å². The van der Waals surface area contributed by atoms with Crippen LogP contribution in [0.5, 0.6) is 0 Å². The van der Waals surface area contributed by atoms with Crippen LogP contribution in [0.2, 0.25) is 0 Å². The van der Waals surface area contributed by atoms with Crippen molar-refractivity contribution in [3.05, 3.63) is 0 Å². The van der Waals surface area contributed by atoms with E-state index in [1.54, 1.807) is 7.11 Å². The van der Waals surface area contributed by atoms with Crippen LogP contribution in [0.3, 0.4) is 0 Å². The van der Waals surface area contributed by atoms with E-state index in [1.807, 2.05) is 6.92 Å². The first-order valence-corrected chi connectivity index (χ1v) is 5.89. The minimum atomic E-state index is 0.243. The molecular weight excluding hydrogens is 226 g/mol. The Bertz CT molecular complexity index is 140. The van der Waals surface area contributed by atoms with Gasteiger partial charge in [0.15, 0.2) is 0 Å². The maximum atomic E-state index is 5.35. The number of ether oxygens (including phenoxy) is 3. The molecule has 0 saturated carbocycles. The molecule has 0 aromatic rings. The number of hydrogen-bond donors (Lipinski definition) is 1. The molecule has 0 saturated heterocycles. The molecule has 0 fully saturated rings. The van der Waals surface area contributed by atoms with Crippen LogP contribution in [0, 0.1) is 0 Å². The zero-order valence-corrected chi connectivity index (χ0v) is 11.2. The predicted molar refractivity (Wildman–Crippen MR) is 62.7 cm³/mol. The third-order valence-corrected chi connectivity index (χ3v) is 2.16. The molecule has 0 aliphatic carbocycles. The molecule has 16 heavy (non-hydrogen) atoms. The molecule has 5 nitrogen and oxygen atoms in total. The van der Waals surface area contributed by atoms with E-state index in [2.05, 4.69) is 20.2 Å². The number of hydrogen-bond acceptors (Lipinski definition) is 5. The summed E-state index contributed by atoms with van der Waals surface area (Å²) >= 11 is 0. The Morgan fingerprint density at radius 1 is 1.06 bits per heavy atom. The SMILES string of the molecule is COC(C)CNCCOCCOCCO[Si+3]. The summed E-state index contributed by atoms with van der Waals surface area (Å²) < 4.78 is 20.3. The fourth-order valence-electron chi connectivity index (χ4n) is 0.956. The van der Waals surface area contributed by atoms with E-state index in [1.165, 1.54) is 0 Å². The summed E-state index contributed by atoms with van der Waals surface area (Å²) in [6.45, 7) is 6.73.